The van der Waals surface area contributed by atoms with Gasteiger partial charge < -0.3 is 9.67 Å². The van der Waals surface area contributed by atoms with Gasteiger partial charge in [0.1, 0.15) is 11.3 Å². The van der Waals surface area contributed by atoms with Gasteiger partial charge in [0.25, 0.3) is 5.56 Å². The highest BCUT2D eigenvalue weighted by molar-refractivity contribution is 5.95. The number of nitrogens with zero attached hydrogens (tertiary/aromatic N) is 2. The Morgan fingerprint density at radius 3 is 2.87 bits per heavy atom. The van der Waals surface area contributed by atoms with Crippen LogP contribution in [0.3, 0.4) is 0 Å². The molecule has 0 amide bonds. The second-order valence-electron chi connectivity index (χ2n) is 6.53. The standard InChI is InChI=1S/C19H24N2O2/c1-3-4-9-21-17-10-13(2)5-8-15(17)18(22)16(19(21)23)12-20-11-14-6-7-14/h5,8,10,12,14,22H,3-4,6-7,9,11H2,1-2H3. The first-order valence-electron chi connectivity index (χ1n) is 8.47. The van der Waals surface area contributed by atoms with E-state index in [2.05, 4.69) is 11.9 Å². The Morgan fingerprint density at radius 2 is 2.17 bits per heavy atom. The molecule has 2 aromatic rings. The number of aryl methyl sites for hydroxylation is 2. The van der Waals surface area contributed by atoms with Crippen LogP contribution in [0.5, 0.6) is 5.75 Å². The van der Waals surface area contributed by atoms with Crippen LogP contribution in [0.1, 0.15) is 43.7 Å². The van der Waals surface area contributed by atoms with Gasteiger partial charge in [-0.3, -0.25) is 9.79 Å². The van der Waals surface area contributed by atoms with E-state index in [4.69, 9.17) is 0 Å². The molecular formula is C19H24N2O2. The Morgan fingerprint density at radius 1 is 1.39 bits per heavy atom. The molecule has 4 heteroatoms. The van der Waals surface area contributed by atoms with Crippen LogP contribution in [0.4, 0.5) is 0 Å². The predicted molar refractivity (Wildman–Crippen MR) is 94.7 cm³/mol. The smallest absolute Gasteiger partial charge is 0.263 e. The predicted octanol–water partition coefficient (Wildman–Crippen LogP) is 3.64. The van der Waals surface area contributed by atoms with Crippen LogP contribution in [0.2, 0.25) is 0 Å². The van der Waals surface area contributed by atoms with Crippen LogP contribution in [0, 0.1) is 12.8 Å². The Labute approximate surface area is 136 Å². The van der Waals surface area contributed by atoms with Crippen LogP contribution in [-0.4, -0.2) is 22.4 Å². The maximum atomic E-state index is 12.8. The molecule has 0 unspecified atom stereocenters. The van der Waals surface area contributed by atoms with Gasteiger partial charge >= 0.3 is 0 Å². The second-order valence-corrected chi connectivity index (χ2v) is 6.53. The van der Waals surface area contributed by atoms with Crippen molar-refractivity contribution < 1.29 is 5.11 Å². The molecule has 0 saturated heterocycles. The van der Waals surface area contributed by atoms with Crippen molar-refractivity contribution in [3.63, 3.8) is 0 Å². The van der Waals surface area contributed by atoms with E-state index in [1.54, 1.807) is 10.8 Å². The molecule has 1 aliphatic carbocycles. The third-order valence-corrected chi connectivity index (χ3v) is 4.45. The van der Waals surface area contributed by atoms with Crippen LogP contribution >= 0.6 is 0 Å². The van der Waals surface area contributed by atoms with Gasteiger partial charge in [-0.15, -0.1) is 0 Å². The highest BCUT2D eigenvalue weighted by atomic mass is 16.3. The Balaban J connectivity index is 2.12. The monoisotopic (exact) mass is 312 g/mol. The SMILES string of the molecule is CCCCn1c(=O)c(C=NCC2CC2)c(O)c2ccc(C)cc21. The molecule has 0 bridgehead atoms. The van der Waals surface area contributed by atoms with Gasteiger partial charge in [0.05, 0.1) is 5.52 Å². The van der Waals surface area contributed by atoms with Gasteiger partial charge in [-0.05, 0) is 49.8 Å². The molecule has 122 valence electrons. The van der Waals surface area contributed by atoms with E-state index in [1.165, 1.54) is 12.8 Å². The van der Waals surface area contributed by atoms with Crippen molar-refractivity contribution in [1.82, 2.24) is 4.57 Å². The van der Waals surface area contributed by atoms with Crippen molar-refractivity contribution in [3.05, 3.63) is 39.7 Å². The van der Waals surface area contributed by atoms with Crippen LogP contribution in [0.25, 0.3) is 10.9 Å². The number of hydrogen-bond donors (Lipinski definition) is 1. The molecule has 0 spiro atoms. The lowest BCUT2D eigenvalue weighted by Gasteiger charge is -2.14. The summed E-state index contributed by atoms with van der Waals surface area (Å²) in [6.07, 6.45) is 5.97. The average Bonchev–Trinajstić information content (AvgIpc) is 3.34. The fourth-order valence-corrected chi connectivity index (χ4v) is 2.81. The molecule has 0 radical (unpaired) electrons. The summed E-state index contributed by atoms with van der Waals surface area (Å²) in [5.41, 5.74) is 2.06. The number of aromatic hydroxyl groups is 1. The number of hydrogen-bond acceptors (Lipinski definition) is 3. The van der Waals surface area contributed by atoms with Gasteiger partial charge in [-0.25, -0.2) is 0 Å². The minimum Gasteiger partial charge on any atom is -0.506 e. The maximum absolute atomic E-state index is 12.8. The Bertz CT molecular complexity index is 801. The maximum Gasteiger partial charge on any atom is 0.263 e. The molecule has 1 aliphatic rings. The van der Waals surface area contributed by atoms with E-state index >= 15 is 0 Å². The molecule has 0 atom stereocenters. The van der Waals surface area contributed by atoms with Crippen LogP contribution < -0.4 is 5.56 Å². The summed E-state index contributed by atoms with van der Waals surface area (Å²) in [7, 11) is 0. The molecule has 0 aliphatic heterocycles. The molecule has 23 heavy (non-hydrogen) atoms. The van der Waals surface area contributed by atoms with E-state index in [1.807, 2.05) is 25.1 Å². The zero-order chi connectivity index (χ0) is 16.4. The third-order valence-electron chi connectivity index (χ3n) is 4.45. The lowest BCUT2D eigenvalue weighted by molar-refractivity contribution is 0.477. The minimum absolute atomic E-state index is 0.0531. The van der Waals surface area contributed by atoms with Crippen LogP contribution in [-0.2, 0) is 6.54 Å². The molecule has 1 fully saturated rings. The first-order valence-corrected chi connectivity index (χ1v) is 8.47. The van der Waals surface area contributed by atoms with E-state index in [0.29, 0.717) is 18.0 Å². The van der Waals surface area contributed by atoms with Crippen molar-refractivity contribution in [2.75, 3.05) is 6.54 Å². The van der Waals surface area contributed by atoms with Gasteiger partial charge in [-0.1, -0.05) is 19.4 Å². The molecule has 1 aromatic carbocycles. The van der Waals surface area contributed by atoms with Crippen LogP contribution in [0.15, 0.2) is 28.0 Å². The van der Waals surface area contributed by atoms with Crippen molar-refractivity contribution in [2.45, 2.75) is 46.1 Å². The lowest BCUT2D eigenvalue weighted by atomic mass is 10.1. The van der Waals surface area contributed by atoms with E-state index in [0.717, 1.165) is 35.9 Å². The molecule has 3 rings (SSSR count). The number of unbranched alkanes of at least 4 members (excludes halogenated alkanes) is 1. The summed E-state index contributed by atoms with van der Waals surface area (Å²) in [4.78, 5) is 17.2. The van der Waals surface area contributed by atoms with E-state index in [-0.39, 0.29) is 11.3 Å². The van der Waals surface area contributed by atoms with Gasteiger partial charge in [-0.2, -0.15) is 0 Å². The molecule has 4 nitrogen and oxygen atoms in total. The quantitative estimate of drug-likeness (QED) is 0.828. The molecule has 1 aromatic heterocycles. The highest BCUT2D eigenvalue weighted by Gasteiger charge is 2.20. The summed E-state index contributed by atoms with van der Waals surface area (Å²) in [5.74, 6) is 0.719. The number of pyridine rings is 1. The van der Waals surface area contributed by atoms with Gasteiger partial charge in [0.2, 0.25) is 0 Å². The topological polar surface area (TPSA) is 54.6 Å². The van der Waals surface area contributed by atoms with Gasteiger partial charge in [0.15, 0.2) is 0 Å². The van der Waals surface area contributed by atoms with Gasteiger partial charge in [0, 0.05) is 24.7 Å². The second kappa shape index (κ2) is 6.57. The molecular weight excluding hydrogens is 288 g/mol. The number of aliphatic imine (C=N–C) groups is 1. The highest BCUT2D eigenvalue weighted by Crippen LogP contribution is 2.29. The minimum atomic E-state index is -0.145. The molecule has 1 heterocycles. The summed E-state index contributed by atoms with van der Waals surface area (Å²) >= 11 is 0. The molecule has 1 N–H and O–H groups in total. The summed E-state index contributed by atoms with van der Waals surface area (Å²) in [5, 5.41) is 11.3. The Hall–Kier alpha value is -2.10. The molecule has 1 saturated carbocycles. The number of rotatable bonds is 6. The zero-order valence-electron chi connectivity index (χ0n) is 13.9. The Kier molecular flexibility index (Phi) is 4.51. The zero-order valence-corrected chi connectivity index (χ0v) is 13.9. The summed E-state index contributed by atoms with van der Waals surface area (Å²) < 4.78 is 1.78. The number of benzene rings is 1. The lowest BCUT2D eigenvalue weighted by Crippen LogP contribution is -2.24. The fraction of sp³-hybridized carbons (Fsp3) is 0.474. The largest absolute Gasteiger partial charge is 0.506 e. The van der Waals surface area contributed by atoms with Crippen molar-refractivity contribution in [2.24, 2.45) is 10.9 Å². The number of fused-ring (bicyclic) bond motifs is 1. The fourth-order valence-electron chi connectivity index (χ4n) is 2.81. The average molecular weight is 312 g/mol. The summed E-state index contributed by atoms with van der Waals surface area (Å²) in [6, 6.07) is 5.82. The third kappa shape index (κ3) is 3.31. The normalized spacial score (nSPS) is 14.9. The van der Waals surface area contributed by atoms with E-state index < -0.39 is 0 Å². The van der Waals surface area contributed by atoms with Crippen molar-refractivity contribution >= 4 is 17.1 Å². The first kappa shape index (κ1) is 15.8. The summed E-state index contributed by atoms with van der Waals surface area (Å²) in [6.45, 7) is 5.52. The van der Waals surface area contributed by atoms with E-state index in [9.17, 15) is 9.90 Å². The van der Waals surface area contributed by atoms with Crippen molar-refractivity contribution in [3.8, 4) is 5.75 Å². The van der Waals surface area contributed by atoms with Crippen molar-refractivity contribution in [1.29, 1.82) is 0 Å². The first-order chi connectivity index (χ1) is 11.1. The number of aromatic nitrogens is 1.